The van der Waals surface area contributed by atoms with Gasteiger partial charge in [-0.05, 0) is 66.1 Å². The molecule has 3 nitrogen and oxygen atoms in total. The zero-order chi connectivity index (χ0) is 22.5. The summed E-state index contributed by atoms with van der Waals surface area (Å²) in [4.78, 5) is 12.0. The van der Waals surface area contributed by atoms with Gasteiger partial charge in [0.2, 0.25) is 0 Å². The molecule has 3 aromatic carbocycles. The van der Waals surface area contributed by atoms with Gasteiger partial charge in [-0.25, -0.2) is 8.78 Å². The fraction of sp³-hybridized carbons (Fsp3) is 0.370. The van der Waals surface area contributed by atoms with Crippen molar-refractivity contribution in [2.24, 2.45) is 0 Å². The Balaban J connectivity index is 1.39. The number of halogens is 2. The lowest BCUT2D eigenvalue weighted by molar-refractivity contribution is 0.0891. The van der Waals surface area contributed by atoms with Crippen LogP contribution in [-0.4, -0.2) is 24.9 Å². The molecule has 5 heteroatoms. The molecule has 0 heterocycles. The number of hydrogen-bond acceptors (Lipinski definition) is 2. The topological polar surface area (TPSA) is 41.1 Å². The Hall–Kier alpha value is -2.79. The highest BCUT2D eigenvalue weighted by atomic mass is 19.3. The molecule has 4 rings (SSSR count). The van der Waals surface area contributed by atoms with Crippen LogP contribution in [0.2, 0.25) is 0 Å². The van der Waals surface area contributed by atoms with E-state index in [0.29, 0.717) is 17.5 Å². The molecular weight excluding hydrogens is 406 g/mol. The van der Waals surface area contributed by atoms with Gasteiger partial charge >= 0.3 is 0 Å². The predicted octanol–water partition coefficient (Wildman–Crippen LogP) is 6.21. The van der Waals surface area contributed by atoms with Gasteiger partial charge in [-0.2, -0.15) is 0 Å². The van der Waals surface area contributed by atoms with E-state index >= 15 is 0 Å². The predicted molar refractivity (Wildman–Crippen MR) is 125 cm³/mol. The lowest BCUT2D eigenvalue weighted by Gasteiger charge is -2.32. The van der Waals surface area contributed by atoms with Crippen LogP contribution in [0.25, 0.3) is 10.8 Å². The van der Waals surface area contributed by atoms with Gasteiger partial charge in [0.25, 0.3) is 12.3 Å². The number of rotatable bonds is 7. The van der Waals surface area contributed by atoms with Crippen molar-refractivity contribution in [1.82, 2.24) is 10.6 Å². The van der Waals surface area contributed by atoms with Crippen molar-refractivity contribution in [3.8, 4) is 0 Å². The van der Waals surface area contributed by atoms with E-state index in [0.717, 1.165) is 25.7 Å². The number of fused-ring (bicyclic) bond motifs is 1. The quantitative estimate of drug-likeness (QED) is 0.462. The Kier molecular flexibility index (Phi) is 7.15. The van der Waals surface area contributed by atoms with Crippen LogP contribution in [0, 0.1) is 0 Å². The Labute approximate surface area is 188 Å². The van der Waals surface area contributed by atoms with Crippen LogP contribution in [0.4, 0.5) is 8.78 Å². The third kappa shape index (κ3) is 5.33. The van der Waals surface area contributed by atoms with Gasteiger partial charge < -0.3 is 10.6 Å². The molecular formula is C27H30F2N2O. The number of nitrogens with one attached hydrogen (secondary N) is 2. The molecule has 1 saturated carbocycles. The number of alkyl halides is 2. The second kappa shape index (κ2) is 10.2. The lowest BCUT2D eigenvalue weighted by atomic mass is 9.80. The first-order valence-electron chi connectivity index (χ1n) is 11.4. The van der Waals surface area contributed by atoms with Crippen LogP contribution in [0.1, 0.15) is 66.1 Å². The first kappa shape index (κ1) is 22.4. The number of carbonyl (C=O) groups excluding carboxylic acids is 1. The molecule has 1 fully saturated rings. The smallest absolute Gasteiger partial charge is 0.255 e. The molecule has 3 atom stereocenters. The molecule has 0 saturated heterocycles. The van der Waals surface area contributed by atoms with Crippen LogP contribution in [0.5, 0.6) is 0 Å². The minimum Gasteiger partial charge on any atom is -0.346 e. The molecule has 1 amide bonds. The average Bonchev–Trinajstić information content (AvgIpc) is 2.82. The molecule has 3 aromatic rings. The highest BCUT2D eigenvalue weighted by molar-refractivity contribution is 5.94. The van der Waals surface area contributed by atoms with E-state index in [1.807, 2.05) is 12.1 Å². The fourth-order valence-corrected chi connectivity index (χ4v) is 4.89. The summed E-state index contributed by atoms with van der Waals surface area (Å²) in [5.74, 6) is -0.0249. The summed E-state index contributed by atoms with van der Waals surface area (Å²) >= 11 is 0. The fourth-order valence-electron chi connectivity index (χ4n) is 4.89. The lowest BCUT2D eigenvalue weighted by Crippen LogP contribution is -2.35. The Bertz CT molecular complexity index is 1050. The summed E-state index contributed by atoms with van der Waals surface area (Å²) in [5.41, 5.74) is 2.95. The molecule has 0 radical (unpaired) electrons. The van der Waals surface area contributed by atoms with Crippen molar-refractivity contribution in [3.63, 3.8) is 0 Å². The highest BCUT2D eigenvalue weighted by Gasteiger charge is 2.25. The van der Waals surface area contributed by atoms with E-state index < -0.39 is 18.9 Å². The molecule has 0 aromatic heterocycles. The second-order valence-corrected chi connectivity index (χ2v) is 8.74. The van der Waals surface area contributed by atoms with Crippen LogP contribution in [0.15, 0.2) is 66.7 Å². The summed E-state index contributed by atoms with van der Waals surface area (Å²) in [5, 5.41) is 8.66. The minimum atomic E-state index is -2.54. The summed E-state index contributed by atoms with van der Waals surface area (Å²) in [6.07, 6.45) is 1.94. The van der Waals surface area contributed by atoms with E-state index in [2.05, 4.69) is 60.0 Å². The molecule has 2 N–H and O–H groups in total. The van der Waals surface area contributed by atoms with Gasteiger partial charge in [0, 0.05) is 17.6 Å². The maximum absolute atomic E-state index is 12.3. The molecule has 2 unspecified atom stereocenters. The minimum absolute atomic E-state index is 0.255. The summed E-state index contributed by atoms with van der Waals surface area (Å²) in [6, 6.07) is 23.1. The van der Waals surface area contributed by atoms with E-state index in [1.165, 1.54) is 21.9 Å². The monoisotopic (exact) mass is 436 g/mol. The Morgan fingerprint density at radius 1 is 1.00 bits per heavy atom. The average molecular weight is 437 g/mol. The highest BCUT2D eigenvalue weighted by Crippen LogP contribution is 2.34. The van der Waals surface area contributed by atoms with Crippen molar-refractivity contribution < 1.29 is 13.6 Å². The first-order valence-corrected chi connectivity index (χ1v) is 11.4. The molecule has 0 bridgehead atoms. The van der Waals surface area contributed by atoms with Crippen molar-refractivity contribution in [2.45, 2.75) is 57.0 Å². The number of amides is 1. The van der Waals surface area contributed by atoms with E-state index in [4.69, 9.17) is 0 Å². The third-order valence-corrected chi connectivity index (χ3v) is 6.51. The largest absolute Gasteiger partial charge is 0.346 e. The van der Waals surface area contributed by atoms with Gasteiger partial charge in [-0.3, -0.25) is 4.79 Å². The van der Waals surface area contributed by atoms with E-state index in [9.17, 15) is 13.6 Å². The van der Waals surface area contributed by atoms with Gasteiger partial charge in [-0.1, -0.05) is 61.0 Å². The van der Waals surface area contributed by atoms with Gasteiger partial charge in [0.15, 0.2) is 0 Å². The van der Waals surface area contributed by atoms with Gasteiger partial charge in [0.05, 0.1) is 6.54 Å². The number of hydrogen-bond donors (Lipinski definition) is 2. The van der Waals surface area contributed by atoms with Crippen LogP contribution < -0.4 is 10.6 Å². The second-order valence-electron chi connectivity index (χ2n) is 8.74. The molecule has 168 valence electrons. The maximum Gasteiger partial charge on any atom is 0.255 e. The van der Waals surface area contributed by atoms with E-state index in [1.54, 1.807) is 12.1 Å². The van der Waals surface area contributed by atoms with Crippen molar-refractivity contribution >= 4 is 16.7 Å². The molecule has 0 spiro atoms. The number of benzene rings is 3. The van der Waals surface area contributed by atoms with Crippen LogP contribution in [-0.2, 0) is 0 Å². The third-order valence-electron chi connectivity index (χ3n) is 6.51. The normalized spacial score (nSPS) is 19.8. The Morgan fingerprint density at radius 3 is 2.53 bits per heavy atom. The Morgan fingerprint density at radius 2 is 1.75 bits per heavy atom. The maximum atomic E-state index is 12.3. The van der Waals surface area contributed by atoms with Crippen molar-refractivity contribution in [3.05, 3.63) is 83.4 Å². The van der Waals surface area contributed by atoms with Crippen molar-refractivity contribution in [1.29, 1.82) is 0 Å². The molecule has 1 aliphatic carbocycles. The molecule has 32 heavy (non-hydrogen) atoms. The first-order chi connectivity index (χ1) is 15.5. The summed E-state index contributed by atoms with van der Waals surface area (Å²) in [7, 11) is 0. The molecule has 1 aliphatic rings. The summed E-state index contributed by atoms with van der Waals surface area (Å²) in [6.45, 7) is 1.61. The zero-order valence-electron chi connectivity index (χ0n) is 18.4. The van der Waals surface area contributed by atoms with Gasteiger partial charge in [-0.15, -0.1) is 0 Å². The SMILES string of the molecule is C[C@@H](NC1CCCC(c2ccc(C(=O)NCC(F)F)cc2)C1)c1cccc2ccccc12. The van der Waals surface area contributed by atoms with Crippen LogP contribution in [0.3, 0.4) is 0 Å². The van der Waals surface area contributed by atoms with Crippen molar-refractivity contribution in [2.75, 3.05) is 6.54 Å². The number of carbonyl (C=O) groups is 1. The van der Waals surface area contributed by atoms with Crippen LogP contribution >= 0.6 is 0 Å². The zero-order valence-corrected chi connectivity index (χ0v) is 18.4. The summed E-state index contributed by atoms with van der Waals surface area (Å²) < 4.78 is 24.6. The van der Waals surface area contributed by atoms with E-state index in [-0.39, 0.29) is 6.04 Å². The standard InChI is InChI=1S/C27H30F2N2O/c1-18(24-11-5-7-20-6-2-3-10-25(20)24)31-23-9-4-8-22(16-23)19-12-14-21(15-13-19)27(32)30-17-26(28)29/h2-3,5-7,10-15,18,22-23,26,31H,4,8-9,16-17H2,1H3,(H,30,32)/t18-,22?,23?/m1/s1. The molecule has 0 aliphatic heterocycles. The van der Waals surface area contributed by atoms with Gasteiger partial charge in [0.1, 0.15) is 0 Å².